The number of carbonyl (C=O) groups is 1. The number of halogens is 3. The first-order valence-corrected chi connectivity index (χ1v) is 3.37. The number of nitrogens with one attached hydrogen (secondary N) is 1. The Morgan fingerprint density at radius 1 is 1.46 bits per heavy atom. The van der Waals surface area contributed by atoms with Gasteiger partial charge in [-0.15, -0.1) is 0 Å². The SMILES string of the molecule is CC(C(=O)NO)C(C)(O)C(F)(F)F. The number of amides is 1. The number of rotatable bonds is 2. The minimum Gasteiger partial charge on any atom is -0.380 e. The van der Waals surface area contributed by atoms with Crippen LogP contribution in [0, 0.1) is 5.92 Å². The van der Waals surface area contributed by atoms with Gasteiger partial charge in [-0.3, -0.25) is 10.0 Å². The Bertz CT molecular complexity index is 202. The Morgan fingerprint density at radius 2 is 1.85 bits per heavy atom. The first-order chi connectivity index (χ1) is 5.64. The van der Waals surface area contributed by atoms with Crippen molar-refractivity contribution in [2.45, 2.75) is 25.6 Å². The lowest BCUT2D eigenvalue weighted by atomic mass is 9.89. The van der Waals surface area contributed by atoms with Gasteiger partial charge in [-0.25, -0.2) is 5.48 Å². The van der Waals surface area contributed by atoms with E-state index in [4.69, 9.17) is 10.3 Å². The fourth-order valence-corrected chi connectivity index (χ4v) is 0.598. The van der Waals surface area contributed by atoms with Crippen LogP contribution < -0.4 is 5.48 Å². The molecule has 4 nitrogen and oxygen atoms in total. The molecule has 2 unspecified atom stereocenters. The third kappa shape index (κ3) is 2.31. The highest BCUT2D eigenvalue weighted by molar-refractivity contribution is 5.78. The average Bonchev–Trinajstić information content (AvgIpc) is 1.99. The lowest BCUT2D eigenvalue weighted by Crippen LogP contribution is -2.52. The quantitative estimate of drug-likeness (QED) is 0.448. The van der Waals surface area contributed by atoms with E-state index in [1.165, 1.54) is 0 Å². The normalized spacial score (nSPS) is 19.0. The van der Waals surface area contributed by atoms with Crippen LogP contribution in [0.2, 0.25) is 0 Å². The van der Waals surface area contributed by atoms with Crippen molar-refractivity contribution in [3.63, 3.8) is 0 Å². The van der Waals surface area contributed by atoms with E-state index in [0.717, 1.165) is 12.4 Å². The Kier molecular flexibility index (Phi) is 3.28. The van der Waals surface area contributed by atoms with Crippen LogP contribution in [-0.4, -0.2) is 28.0 Å². The summed E-state index contributed by atoms with van der Waals surface area (Å²) in [6.45, 7) is 1.33. The Balaban J connectivity index is 4.74. The largest absolute Gasteiger partial charge is 0.417 e. The molecule has 0 heterocycles. The minimum absolute atomic E-state index is 0.465. The number of hydroxylamine groups is 1. The van der Waals surface area contributed by atoms with E-state index < -0.39 is 23.6 Å². The molecule has 7 heteroatoms. The second kappa shape index (κ2) is 3.51. The molecule has 0 aliphatic rings. The molecule has 78 valence electrons. The summed E-state index contributed by atoms with van der Waals surface area (Å²) in [5.41, 5.74) is -2.11. The molecule has 0 aliphatic heterocycles. The van der Waals surface area contributed by atoms with E-state index in [9.17, 15) is 18.0 Å². The second-order valence-corrected chi connectivity index (χ2v) is 2.84. The molecule has 0 aromatic heterocycles. The fourth-order valence-electron chi connectivity index (χ4n) is 0.598. The maximum absolute atomic E-state index is 12.1. The van der Waals surface area contributed by atoms with E-state index in [2.05, 4.69) is 0 Å². The summed E-state index contributed by atoms with van der Waals surface area (Å²) in [4.78, 5) is 10.6. The molecular weight excluding hydrogens is 191 g/mol. The van der Waals surface area contributed by atoms with Crippen molar-refractivity contribution in [3.8, 4) is 0 Å². The van der Waals surface area contributed by atoms with E-state index in [0.29, 0.717) is 6.92 Å². The highest BCUT2D eigenvalue weighted by Gasteiger charge is 2.55. The predicted molar refractivity (Wildman–Crippen MR) is 35.8 cm³/mol. The first kappa shape index (κ1) is 12.2. The molecule has 0 aliphatic carbocycles. The summed E-state index contributed by atoms with van der Waals surface area (Å²) >= 11 is 0. The Morgan fingerprint density at radius 3 is 2.08 bits per heavy atom. The zero-order chi connectivity index (χ0) is 10.9. The summed E-state index contributed by atoms with van der Waals surface area (Å²) in [7, 11) is 0. The maximum atomic E-state index is 12.1. The lowest BCUT2D eigenvalue weighted by Gasteiger charge is -2.30. The fraction of sp³-hybridized carbons (Fsp3) is 0.833. The van der Waals surface area contributed by atoms with Gasteiger partial charge in [0.05, 0.1) is 5.92 Å². The van der Waals surface area contributed by atoms with Crippen LogP contribution >= 0.6 is 0 Å². The summed E-state index contributed by atoms with van der Waals surface area (Å²) in [5, 5.41) is 17.0. The zero-order valence-corrected chi connectivity index (χ0v) is 7.01. The van der Waals surface area contributed by atoms with Crippen LogP contribution in [0.3, 0.4) is 0 Å². The molecule has 1 amide bonds. The van der Waals surface area contributed by atoms with Crippen molar-refractivity contribution in [2.75, 3.05) is 0 Å². The van der Waals surface area contributed by atoms with Crippen molar-refractivity contribution < 1.29 is 28.3 Å². The van der Waals surface area contributed by atoms with Gasteiger partial charge >= 0.3 is 6.18 Å². The molecule has 13 heavy (non-hydrogen) atoms. The Labute approximate surface area is 72.3 Å². The highest BCUT2D eigenvalue weighted by atomic mass is 19.4. The molecule has 0 fully saturated rings. The molecule has 0 saturated heterocycles. The number of carbonyl (C=O) groups excluding carboxylic acids is 1. The monoisotopic (exact) mass is 201 g/mol. The van der Waals surface area contributed by atoms with E-state index >= 15 is 0 Å². The number of hydrogen-bond acceptors (Lipinski definition) is 3. The van der Waals surface area contributed by atoms with Crippen molar-refractivity contribution in [1.82, 2.24) is 5.48 Å². The van der Waals surface area contributed by atoms with Crippen LogP contribution in [0.15, 0.2) is 0 Å². The minimum atomic E-state index is -4.92. The number of hydrogen-bond donors (Lipinski definition) is 3. The topological polar surface area (TPSA) is 69.6 Å². The number of alkyl halides is 3. The predicted octanol–water partition coefficient (Wildman–Crippen LogP) is 0.441. The molecule has 0 radical (unpaired) electrons. The van der Waals surface area contributed by atoms with Gasteiger partial charge < -0.3 is 5.11 Å². The molecule has 3 N–H and O–H groups in total. The summed E-state index contributed by atoms with van der Waals surface area (Å²) in [5.74, 6) is -3.07. The third-order valence-electron chi connectivity index (χ3n) is 1.92. The van der Waals surface area contributed by atoms with Crippen LogP contribution in [-0.2, 0) is 4.79 Å². The third-order valence-corrected chi connectivity index (χ3v) is 1.92. The van der Waals surface area contributed by atoms with E-state index in [-0.39, 0.29) is 0 Å². The van der Waals surface area contributed by atoms with Crippen LogP contribution in [0.5, 0.6) is 0 Å². The summed E-state index contributed by atoms with van der Waals surface area (Å²) in [6, 6.07) is 0. The van der Waals surface area contributed by atoms with E-state index in [1.54, 1.807) is 0 Å². The zero-order valence-electron chi connectivity index (χ0n) is 7.01. The van der Waals surface area contributed by atoms with Gasteiger partial charge in [-0.1, -0.05) is 6.92 Å². The summed E-state index contributed by atoms with van der Waals surface area (Å²) in [6.07, 6.45) is -4.92. The van der Waals surface area contributed by atoms with Gasteiger partial charge in [0.1, 0.15) is 0 Å². The lowest BCUT2D eigenvalue weighted by molar-refractivity contribution is -0.268. The standard InChI is InChI=1S/C6H10F3NO3/c1-3(4(11)10-13)5(2,12)6(7,8)9/h3,12-13H,1-2H3,(H,10,11). The summed E-state index contributed by atoms with van der Waals surface area (Å²) < 4.78 is 36.2. The molecule has 0 spiro atoms. The average molecular weight is 201 g/mol. The van der Waals surface area contributed by atoms with Gasteiger partial charge in [0, 0.05) is 0 Å². The van der Waals surface area contributed by atoms with Gasteiger partial charge in [0.15, 0.2) is 5.60 Å². The van der Waals surface area contributed by atoms with Crippen molar-refractivity contribution >= 4 is 5.91 Å². The molecule has 0 rings (SSSR count). The number of aliphatic hydroxyl groups is 1. The van der Waals surface area contributed by atoms with Gasteiger partial charge in [-0.05, 0) is 6.92 Å². The van der Waals surface area contributed by atoms with Crippen molar-refractivity contribution in [1.29, 1.82) is 0 Å². The molecule has 0 bridgehead atoms. The van der Waals surface area contributed by atoms with Crippen molar-refractivity contribution in [3.05, 3.63) is 0 Å². The molecule has 0 aromatic rings. The van der Waals surface area contributed by atoms with Crippen molar-refractivity contribution in [2.24, 2.45) is 5.92 Å². The van der Waals surface area contributed by atoms with Crippen LogP contribution in [0.1, 0.15) is 13.8 Å². The van der Waals surface area contributed by atoms with Gasteiger partial charge in [0.25, 0.3) is 0 Å². The molecule has 2 atom stereocenters. The highest BCUT2D eigenvalue weighted by Crippen LogP contribution is 2.35. The smallest absolute Gasteiger partial charge is 0.380 e. The molecule has 0 saturated carbocycles. The van der Waals surface area contributed by atoms with Crippen LogP contribution in [0.25, 0.3) is 0 Å². The molecule has 0 aromatic carbocycles. The van der Waals surface area contributed by atoms with Gasteiger partial charge in [0.2, 0.25) is 5.91 Å². The first-order valence-electron chi connectivity index (χ1n) is 3.37. The second-order valence-electron chi connectivity index (χ2n) is 2.84. The van der Waals surface area contributed by atoms with E-state index in [1.807, 2.05) is 0 Å². The van der Waals surface area contributed by atoms with Crippen LogP contribution in [0.4, 0.5) is 13.2 Å². The van der Waals surface area contributed by atoms with Gasteiger partial charge in [-0.2, -0.15) is 13.2 Å². The maximum Gasteiger partial charge on any atom is 0.417 e. The molecular formula is C6H10F3NO3. The Hall–Kier alpha value is -0.820.